The molecule has 1 aliphatic rings. The Morgan fingerprint density at radius 3 is 2.45 bits per heavy atom. The first kappa shape index (κ1) is 22.2. The van der Waals surface area contributed by atoms with Crippen LogP contribution in [0, 0.1) is 0 Å². The lowest BCUT2D eigenvalue weighted by atomic mass is 10.0. The van der Waals surface area contributed by atoms with E-state index in [9.17, 15) is 19.2 Å². The summed E-state index contributed by atoms with van der Waals surface area (Å²) in [5, 5.41) is 6.89. The maximum absolute atomic E-state index is 13.3. The number of methoxy groups -OCH3 is 1. The first-order valence-electron chi connectivity index (χ1n) is 10.0. The molecule has 1 unspecified atom stereocenters. The van der Waals surface area contributed by atoms with Crippen molar-refractivity contribution in [2.75, 3.05) is 12.4 Å². The Kier molecular flexibility index (Phi) is 6.45. The number of imide groups is 1. The molecule has 2 N–H and O–H groups in total. The number of amides is 4. The number of hydrogen-bond acceptors (Lipinski definition) is 7. The number of benzene rings is 2. The van der Waals surface area contributed by atoms with Gasteiger partial charge in [-0.15, -0.1) is 11.3 Å². The van der Waals surface area contributed by atoms with Gasteiger partial charge in [-0.25, -0.2) is 19.5 Å². The quantitative estimate of drug-likeness (QED) is 0.410. The normalized spacial score (nSPS) is 16.3. The van der Waals surface area contributed by atoms with Gasteiger partial charge in [-0.2, -0.15) is 0 Å². The number of aromatic nitrogens is 1. The number of nitrogens with one attached hydrogen (secondary N) is 2. The van der Waals surface area contributed by atoms with Crippen LogP contribution in [0.15, 0.2) is 66.0 Å². The van der Waals surface area contributed by atoms with E-state index in [1.807, 2.05) is 36.4 Å². The van der Waals surface area contributed by atoms with E-state index in [-0.39, 0.29) is 17.2 Å². The molecule has 1 saturated heterocycles. The molecule has 0 bridgehead atoms. The topological polar surface area (TPSA) is 118 Å². The van der Waals surface area contributed by atoms with Crippen LogP contribution in [0.4, 0.5) is 9.93 Å². The van der Waals surface area contributed by atoms with Crippen molar-refractivity contribution in [2.24, 2.45) is 0 Å². The molecule has 1 aromatic heterocycles. The van der Waals surface area contributed by atoms with Gasteiger partial charge in [-0.3, -0.25) is 9.59 Å². The van der Waals surface area contributed by atoms with E-state index in [1.54, 1.807) is 24.3 Å². The number of nitrogens with zero attached hydrogens (tertiary/aromatic N) is 2. The number of anilines is 1. The molecule has 4 amide bonds. The first-order valence-corrected chi connectivity index (χ1v) is 10.9. The van der Waals surface area contributed by atoms with Crippen LogP contribution >= 0.6 is 11.3 Å². The third kappa shape index (κ3) is 4.75. The van der Waals surface area contributed by atoms with E-state index in [0.29, 0.717) is 5.56 Å². The number of ether oxygens (including phenoxy) is 1. The van der Waals surface area contributed by atoms with Crippen LogP contribution < -0.4 is 10.6 Å². The SMILES string of the molecule is COC(=O)c1csc(NC(=O)C(Cc2ccccc2)N2C(=O)N[C@@H](c3ccccc3)C2=O)n1. The van der Waals surface area contributed by atoms with Crippen LogP contribution in [0.2, 0.25) is 0 Å². The molecule has 0 spiro atoms. The molecule has 10 heteroatoms. The molecule has 1 aliphatic heterocycles. The molecule has 2 aromatic carbocycles. The average molecular weight is 465 g/mol. The summed E-state index contributed by atoms with van der Waals surface area (Å²) in [6.07, 6.45) is 0.114. The number of hydrogen-bond donors (Lipinski definition) is 2. The second-order valence-corrected chi connectivity index (χ2v) is 8.08. The van der Waals surface area contributed by atoms with Crippen molar-refractivity contribution in [2.45, 2.75) is 18.5 Å². The predicted molar refractivity (Wildman–Crippen MR) is 121 cm³/mol. The molecular weight excluding hydrogens is 444 g/mol. The van der Waals surface area contributed by atoms with Crippen molar-refractivity contribution in [3.8, 4) is 0 Å². The van der Waals surface area contributed by atoms with E-state index in [1.165, 1.54) is 12.5 Å². The van der Waals surface area contributed by atoms with Crippen LogP contribution in [0.25, 0.3) is 0 Å². The second kappa shape index (κ2) is 9.61. The maximum atomic E-state index is 13.3. The van der Waals surface area contributed by atoms with Gasteiger partial charge in [0.2, 0.25) is 5.91 Å². The molecule has 2 atom stereocenters. The van der Waals surface area contributed by atoms with Crippen molar-refractivity contribution in [3.05, 3.63) is 82.9 Å². The smallest absolute Gasteiger partial charge is 0.357 e. The van der Waals surface area contributed by atoms with Gasteiger partial charge in [0.15, 0.2) is 10.8 Å². The van der Waals surface area contributed by atoms with Crippen LogP contribution in [-0.4, -0.2) is 46.9 Å². The largest absolute Gasteiger partial charge is 0.464 e. The minimum absolute atomic E-state index is 0.0524. The summed E-state index contributed by atoms with van der Waals surface area (Å²) in [5.41, 5.74) is 1.45. The van der Waals surface area contributed by atoms with Gasteiger partial charge < -0.3 is 15.4 Å². The fourth-order valence-corrected chi connectivity index (χ4v) is 4.20. The molecular formula is C23H20N4O5S. The van der Waals surface area contributed by atoms with E-state index >= 15 is 0 Å². The van der Waals surface area contributed by atoms with E-state index < -0.39 is 35.9 Å². The highest BCUT2D eigenvalue weighted by Crippen LogP contribution is 2.26. The van der Waals surface area contributed by atoms with Gasteiger partial charge in [-0.05, 0) is 11.1 Å². The zero-order valence-corrected chi connectivity index (χ0v) is 18.4. The van der Waals surface area contributed by atoms with E-state index in [0.717, 1.165) is 21.8 Å². The monoisotopic (exact) mass is 464 g/mol. The van der Waals surface area contributed by atoms with Crippen LogP contribution in [0.1, 0.15) is 27.7 Å². The molecule has 1 fully saturated rings. The summed E-state index contributed by atoms with van der Waals surface area (Å²) in [7, 11) is 1.23. The Bertz CT molecular complexity index is 1180. The Labute approximate surface area is 193 Å². The third-order valence-electron chi connectivity index (χ3n) is 5.12. The summed E-state index contributed by atoms with van der Waals surface area (Å²) < 4.78 is 4.63. The molecule has 168 valence electrons. The molecule has 9 nitrogen and oxygen atoms in total. The number of carbonyl (C=O) groups excluding carboxylic acids is 4. The summed E-state index contributed by atoms with van der Waals surface area (Å²) in [6.45, 7) is 0. The van der Waals surface area contributed by atoms with Crippen LogP contribution in [-0.2, 0) is 20.7 Å². The third-order valence-corrected chi connectivity index (χ3v) is 5.88. The van der Waals surface area contributed by atoms with Gasteiger partial charge >= 0.3 is 12.0 Å². The van der Waals surface area contributed by atoms with Crippen molar-refractivity contribution >= 4 is 40.3 Å². The summed E-state index contributed by atoms with van der Waals surface area (Å²) in [5.74, 6) is -1.74. The van der Waals surface area contributed by atoms with Crippen LogP contribution in [0.3, 0.4) is 0 Å². The first-order chi connectivity index (χ1) is 16.0. The lowest BCUT2D eigenvalue weighted by Crippen LogP contribution is -2.49. The van der Waals surface area contributed by atoms with E-state index in [2.05, 4.69) is 20.4 Å². The van der Waals surface area contributed by atoms with Crippen molar-refractivity contribution < 1.29 is 23.9 Å². The fourth-order valence-electron chi connectivity index (χ4n) is 3.52. The minimum Gasteiger partial charge on any atom is -0.464 e. The molecule has 0 aliphatic carbocycles. The summed E-state index contributed by atoms with van der Waals surface area (Å²) in [4.78, 5) is 56.0. The van der Waals surface area contributed by atoms with Crippen LogP contribution in [0.5, 0.6) is 0 Å². The van der Waals surface area contributed by atoms with E-state index in [4.69, 9.17) is 0 Å². The maximum Gasteiger partial charge on any atom is 0.357 e. The average Bonchev–Trinajstić information content (AvgIpc) is 3.42. The molecule has 2 heterocycles. The highest BCUT2D eigenvalue weighted by atomic mass is 32.1. The van der Waals surface area contributed by atoms with Crippen molar-refractivity contribution in [3.63, 3.8) is 0 Å². The minimum atomic E-state index is -1.13. The molecule has 0 radical (unpaired) electrons. The second-order valence-electron chi connectivity index (χ2n) is 7.23. The Morgan fingerprint density at radius 2 is 1.79 bits per heavy atom. The number of carbonyl (C=O) groups is 4. The zero-order chi connectivity index (χ0) is 23.4. The van der Waals surface area contributed by atoms with Gasteiger partial charge in [-0.1, -0.05) is 60.7 Å². The predicted octanol–water partition coefficient (Wildman–Crippen LogP) is 2.77. The summed E-state index contributed by atoms with van der Waals surface area (Å²) >= 11 is 1.04. The molecule has 4 rings (SSSR count). The summed E-state index contributed by atoms with van der Waals surface area (Å²) in [6, 6.07) is 15.3. The molecule has 3 aromatic rings. The highest BCUT2D eigenvalue weighted by molar-refractivity contribution is 7.14. The van der Waals surface area contributed by atoms with Gasteiger partial charge in [0.05, 0.1) is 7.11 Å². The zero-order valence-electron chi connectivity index (χ0n) is 17.6. The molecule has 33 heavy (non-hydrogen) atoms. The van der Waals surface area contributed by atoms with Gasteiger partial charge in [0.1, 0.15) is 12.1 Å². The van der Waals surface area contributed by atoms with Crippen molar-refractivity contribution in [1.29, 1.82) is 0 Å². The Balaban J connectivity index is 1.61. The number of urea groups is 1. The molecule has 0 saturated carbocycles. The number of esters is 1. The standard InChI is InChI=1S/C23H20N4O5S/c1-32-21(30)16-13-33-22(24-16)26-19(28)17(12-14-8-4-2-5-9-14)27-20(29)18(25-23(27)31)15-10-6-3-7-11-15/h2-11,13,17-18H,12H2,1H3,(H,25,31)(H,24,26,28)/t17?,18-/m0/s1. The number of thiazole rings is 1. The lowest BCUT2D eigenvalue weighted by molar-refractivity contribution is -0.134. The highest BCUT2D eigenvalue weighted by Gasteiger charge is 2.45. The Morgan fingerprint density at radius 1 is 1.12 bits per heavy atom. The lowest BCUT2D eigenvalue weighted by Gasteiger charge is -2.24. The van der Waals surface area contributed by atoms with Gasteiger partial charge in [0, 0.05) is 11.8 Å². The number of rotatable bonds is 7. The fraction of sp³-hybridized carbons (Fsp3) is 0.174. The van der Waals surface area contributed by atoms with Gasteiger partial charge in [0.25, 0.3) is 5.91 Å². The van der Waals surface area contributed by atoms with Crippen molar-refractivity contribution in [1.82, 2.24) is 15.2 Å². The Hall–Kier alpha value is -4.05.